The molecule has 0 spiro atoms. The van der Waals surface area contributed by atoms with E-state index in [2.05, 4.69) is 25.4 Å². The first kappa shape index (κ1) is 17.5. The van der Waals surface area contributed by atoms with Crippen LogP contribution in [0, 0.1) is 6.92 Å². The van der Waals surface area contributed by atoms with Crippen LogP contribution >= 0.6 is 11.6 Å². The number of nitrogens with one attached hydrogen (secondary N) is 1. The smallest absolute Gasteiger partial charge is 0.225 e. The minimum absolute atomic E-state index is 0.127. The number of aromatic nitrogens is 5. The van der Waals surface area contributed by atoms with Crippen molar-refractivity contribution in [2.24, 2.45) is 5.73 Å². The largest absolute Gasteiger partial charge is 0.380 e. The molecule has 0 aromatic carbocycles. The van der Waals surface area contributed by atoms with Crippen molar-refractivity contribution in [3.63, 3.8) is 0 Å². The average Bonchev–Trinajstić information content (AvgIpc) is 2.93. The zero-order chi connectivity index (χ0) is 17.8. The van der Waals surface area contributed by atoms with Crippen LogP contribution in [0.2, 0.25) is 5.28 Å². The van der Waals surface area contributed by atoms with Gasteiger partial charge in [0.1, 0.15) is 22.5 Å². The second-order valence-corrected chi connectivity index (χ2v) is 5.79. The maximum atomic E-state index is 6.10. The molecule has 3 aromatic rings. The average molecular weight is 362 g/mol. The minimum Gasteiger partial charge on any atom is -0.380 e. The van der Waals surface area contributed by atoms with Gasteiger partial charge in [0.2, 0.25) is 5.28 Å². The van der Waals surface area contributed by atoms with E-state index >= 15 is 0 Å². The molecule has 3 aromatic heterocycles. The molecule has 9 heteroatoms. The van der Waals surface area contributed by atoms with E-state index in [1.54, 1.807) is 10.9 Å². The molecule has 8 nitrogen and oxygen atoms in total. The first-order valence-electron chi connectivity index (χ1n) is 8.02. The molecule has 3 N–H and O–H groups in total. The van der Waals surface area contributed by atoms with Gasteiger partial charge in [-0.15, -0.1) is 0 Å². The van der Waals surface area contributed by atoms with Gasteiger partial charge < -0.3 is 15.8 Å². The molecular weight excluding hydrogens is 342 g/mol. The zero-order valence-corrected chi connectivity index (χ0v) is 14.9. The Morgan fingerprint density at radius 3 is 2.92 bits per heavy atom. The summed E-state index contributed by atoms with van der Waals surface area (Å²) in [6, 6.07) is 3.85. The topological polar surface area (TPSA) is 104 Å². The van der Waals surface area contributed by atoms with Crippen molar-refractivity contribution in [3.05, 3.63) is 34.9 Å². The number of anilines is 2. The second-order valence-electron chi connectivity index (χ2n) is 5.45. The highest BCUT2D eigenvalue weighted by molar-refractivity contribution is 6.28. The summed E-state index contributed by atoms with van der Waals surface area (Å²) in [5.74, 6) is 1.21. The lowest BCUT2D eigenvalue weighted by Crippen LogP contribution is -2.09. The van der Waals surface area contributed by atoms with Gasteiger partial charge in [0.05, 0.1) is 13.2 Å². The van der Waals surface area contributed by atoms with Gasteiger partial charge in [-0.2, -0.15) is 10.1 Å². The van der Waals surface area contributed by atoms with Crippen LogP contribution < -0.4 is 11.1 Å². The molecule has 0 amide bonds. The zero-order valence-electron chi connectivity index (χ0n) is 14.2. The maximum absolute atomic E-state index is 6.10. The van der Waals surface area contributed by atoms with Gasteiger partial charge in [-0.25, -0.2) is 9.97 Å². The van der Waals surface area contributed by atoms with Crippen molar-refractivity contribution < 1.29 is 4.74 Å². The fourth-order valence-corrected chi connectivity index (χ4v) is 2.69. The standard InChI is InChI=1S/C16H20ClN7O/c1-3-25-7-6-24-14-13(11(9-18)23-24)21-16(17)22-15(14)20-12-8-10(2)4-5-19-12/h4-5,8H,3,6-7,9,18H2,1-2H3,(H,19,20,21,22). The van der Waals surface area contributed by atoms with Gasteiger partial charge in [-0.3, -0.25) is 4.68 Å². The molecule has 0 saturated heterocycles. The number of fused-ring (bicyclic) bond motifs is 1. The number of nitrogens with two attached hydrogens (primary N) is 1. The number of pyridine rings is 1. The first-order chi connectivity index (χ1) is 12.1. The third-order valence-electron chi connectivity index (χ3n) is 3.64. The van der Waals surface area contributed by atoms with Crippen LogP contribution in [0.3, 0.4) is 0 Å². The predicted octanol–water partition coefficient (Wildman–Crippen LogP) is 2.42. The Balaban J connectivity index is 2.07. The predicted molar refractivity (Wildman–Crippen MR) is 97.0 cm³/mol. The molecule has 25 heavy (non-hydrogen) atoms. The number of rotatable bonds is 7. The van der Waals surface area contributed by atoms with E-state index in [0.29, 0.717) is 42.6 Å². The van der Waals surface area contributed by atoms with Gasteiger partial charge in [0.15, 0.2) is 5.82 Å². The van der Waals surface area contributed by atoms with E-state index in [1.807, 2.05) is 26.0 Å². The van der Waals surface area contributed by atoms with Crippen LogP contribution in [0.1, 0.15) is 18.2 Å². The van der Waals surface area contributed by atoms with Gasteiger partial charge >= 0.3 is 0 Å². The maximum Gasteiger partial charge on any atom is 0.225 e. The summed E-state index contributed by atoms with van der Waals surface area (Å²) < 4.78 is 7.23. The molecule has 0 unspecified atom stereocenters. The molecule has 3 rings (SSSR count). The summed E-state index contributed by atoms with van der Waals surface area (Å²) >= 11 is 6.10. The summed E-state index contributed by atoms with van der Waals surface area (Å²) in [7, 11) is 0. The van der Waals surface area contributed by atoms with Crippen molar-refractivity contribution in [1.82, 2.24) is 24.7 Å². The van der Waals surface area contributed by atoms with Crippen LogP contribution in [-0.2, 0) is 17.8 Å². The Morgan fingerprint density at radius 1 is 1.36 bits per heavy atom. The van der Waals surface area contributed by atoms with E-state index in [-0.39, 0.29) is 11.8 Å². The van der Waals surface area contributed by atoms with Crippen molar-refractivity contribution in [3.8, 4) is 0 Å². The molecule has 0 bridgehead atoms. The molecule has 132 valence electrons. The molecule has 0 aliphatic carbocycles. The van der Waals surface area contributed by atoms with Crippen LogP contribution in [-0.4, -0.2) is 37.9 Å². The summed E-state index contributed by atoms with van der Waals surface area (Å²) in [5.41, 5.74) is 8.92. The third kappa shape index (κ3) is 3.87. The molecule has 0 saturated carbocycles. The summed E-state index contributed by atoms with van der Waals surface area (Å²) in [4.78, 5) is 12.9. The summed E-state index contributed by atoms with van der Waals surface area (Å²) in [6.07, 6.45) is 1.73. The molecule has 0 radical (unpaired) electrons. The normalized spacial score (nSPS) is 11.2. The number of hydrogen-bond acceptors (Lipinski definition) is 7. The fraction of sp³-hybridized carbons (Fsp3) is 0.375. The van der Waals surface area contributed by atoms with E-state index in [4.69, 9.17) is 22.1 Å². The lowest BCUT2D eigenvalue weighted by molar-refractivity contribution is 0.137. The SMILES string of the molecule is CCOCCn1nc(CN)c2nc(Cl)nc(Nc3cc(C)ccn3)c21. The number of halogens is 1. The van der Waals surface area contributed by atoms with Crippen molar-refractivity contribution in [2.75, 3.05) is 18.5 Å². The molecule has 0 aliphatic rings. The van der Waals surface area contributed by atoms with Gasteiger partial charge in [0, 0.05) is 19.3 Å². The van der Waals surface area contributed by atoms with Gasteiger partial charge in [-0.1, -0.05) is 0 Å². The molecule has 0 fully saturated rings. The Labute approximate surface area is 150 Å². The number of aryl methyl sites for hydroxylation is 1. The molecular formula is C16H20ClN7O. The highest BCUT2D eigenvalue weighted by Crippen LogP contribution is 2.27. The quantitative estimate of drug-likeness (QED) is 0.492. The summed E-state index contributed by atoms with van der Waals surface area (Å²) in [6.45, 7) is 5.94. The Hall–Kier alpha value is -2.29. The van der Waals surface area contributed by atoms with Crippen molar-refractivity contribution >= 4 is 34.3 Å². The Bertz CT molecular complexity index is 880. The molecule has 3 heterocycles. The van der Waals surface area contributed by atoms with E-state index < -0.39 is 0 Å². The van der Waals surface area contributed by atoms with Crippen LogP contribution in [0.5, 0.6) is 0 Å². The van der Waals surface area contributed by atoms with Gasteiger partial charge in [-0.05, 0) is 43.1 Å². The highest BCUT2D eigenvalue weighted by atomic mass is 35.5. The number of hydrogen-bond donors (Lipinski definition) is 2. The number of nitrogens with zero attached hydrogens (tertiary/aromatic N) is 5. The van der Waals surface area contributed by atoms with E-state index in [0.717, 1.165) is 11.1 Å². The molecule has 0 aliphatic heterocycles. The van der Waals surface area contributed by atoms with E-state index in [9.17, 15) is 0 Å². The third-order valence-corrected chi connectivity index (χ3v) is 3.81. The second kappa shape index (κ2) is 7.73. The highest BCUT2D eigenvalue weighted by Gasteiger charge is 2.18. The van der Waals surface area contributed by atoms with Crippen LogP contribution in [0.15, 0.2) is 18.3 Å². The molecule has 0 atom stereocenters. The van der Waals surface area contributed by atoms with Crippen LogP contribution in [0.4, 0.5) is 11.6 Å². The van der Waals surface area contributed by atoms with Gasteiger partial charge in [0.25, 0.3) is 0 Å². The Morgan fingerprint density at radius 2 is 2.20 bits per heavy atom. The van der Waals surface area contributed by atoms with Crippen molar-refractivity contribution in [2.45, 2.75) is 26.9 Å². The van der Waals surface area contributed by atoms with Crippen molar-refractivity contribution in [1.29, 1.82) is 0 Å². The lowest BCUT2D eigenvalue weighted by Gasteiger charge is -2.10. The Kier molecular flexibility index (Phi) is 5.42. The van der Waals surface area contributed by atoms with Crippen LogP contribution in [0.25, 0.3) is 11.0 Å². The monoisotopic (exact) mass is 361 g/mol. The number of ether oxygens (including phenoxy) is 1. The fourth-order valence-electron chi connectivity index (χ4n) is 2.52. The summed E-state index contributed by atoms with van der Waals surface area (Å²) in [5, 5.41) is 7.86. The first-order valence-corrected chi connectivity index (χ1v) is 8.40. The lowest BCUT2D eigenvalue weighted by atomic mass is 10.3. The minimum atomic E-state index is 0.127. The van der Waals surface area contributed by atoms with E-state index in [1.165, 1.54) is 0 Å².